The Morgan fingerprint density at radius 3 is 2.87 bits per heavy atom. The third-order valence-corrected chi connectivity index (χ3v) is 2.67. The van der Waals surface area contributed by atoms with Gasteiger partial charge in [-0.05, 0) is 28.4 Å². The number of hydrogen-bond donors (Lipinski definition) is 1. The number of rotatable bonds is 4. The smallest absolute Gasteiger partial charge is 0.184 e. The molecule has 1 aromatic carbocycles. The van der Waals surface area contributed by atoms with E-state index >= 15 is 0 Å². The van der Waals surface area contributed by atoms with Crippen LogP contribution in [0.25, 0.3) is 0 Å². The normalized spacial score (nSPS) is 11.9. The zero-order chi connectivity index (χ0) is 11.3. The molecule has 0 aliphatic heterocycles. The molecule has 3 nitrogen and oxygen atoms in total. The number of hydrogen-bond acceptors (Lipinski definition) is 3. The van der Waals surface area contributed by atoms with Crippen LogP contribution >= 0.6 is 15.9 Å². The molecule has 0 aliphatic carbocycles. The van der Waals surface area contributed by atoms with Crippen molar-refractivity contribution in [3.8, 4) is 11.8 Å². The molecule has 1 atom stereocenters. The molecular formula is C11H13BrN2O. The van der Waals surface area contributed by atoms with E-state index < -0.39 is 6.10 Å². The molecule has 0 amide bonds. The lowest BCUT2D eigenvalue weighted by molar-refractivity contribution is 0.248. The summed E-state index contributed by atoms with van der Waals surface area (Å²) in [6.07, 6.45) is 0.232. The summed E-state index contributed by atoms with van der Waals surface area (Å²) in [6, 6.07) is 7.76. The van der Waals surface area contributed by atoms with Crippen LogP contribution in [-0.4, -0.2) is 6.10 Å². The highest BCUT2D eigenvalue weighted by Crippen LogP contribution is 2.29. The van der Waals surface area contributed by atoms with E-state index in [1.807, 2.05) is 25.1 Å². The summed E-state index contributed by atoms with van der Waals surface area (Å²) >= 11 is 3.38. The van der Waals surface area contributed by atoms with Gasteiger partial charge in [-0.15, -0.1) is 0 Å². The first kappa shape index (κ1) is 12.0. The highest BCUT2D eigenvalue weighted by Gasteiger charge is 2.12. The average Bonchev–Trinajstić information content (AvgIpc) is 2.27. The van der Waals surface area contributed by atoms with Crippen LogP contribution in [0.4, 0.5) is 0 Å². The second kappa shape index (κ2) is 5.74. The number of nitriles is 1. The van der Waals surface area contributed by atoms with Crippen LogP contribution < -0.4 is 10.5 Å². The lowest BCUT2D eigenvalue weighted by Gasteiger charge is -2.15. The molecule has 0 radical (unpaired) electrons. The van der Waals surface area contributed by atoms with E-state index in [9.17, 15) is 0 Å². The summed E-state index contributed by atoms with van der Waals surface area (Å²) in [5.74, 6) is 0.674. The molecule has 0 bridgehead atoms. The van der Waals surface area contributed by atoms with Crippen molar-refractivity contribution >= 4 is 15.9 Å². The Balaban J connectivity index is 2.97. The lowest BCUT2D eigenvalue weighted by atomic mass is 10.2. The predicted octanol–water partition coefficient (Wildman–Crippen LogP) is 2.59. The average molecular weight is 269 g/mol. The molecule has 1 aromatic rings. The van der Waals surface area contributed by atoms with E-state index in [-0.39, 0.29) is 0 Å². The van der Waals surface area contributed by atoms with E-state index in [0.717, 1.165) is 10.0 Å². The standard InChI is InChI=1S/C11H13BrN2O/c1-2-9(7-14)15-11-8(6-13)4-3-5-10(11)12/h3-5,9H,2,6,13H2,1H3. The van der Waals surface area contributed by atoms with Crippen LogP contribution in [0.3, 0.4) is 0 Å². The number of benzene rings is 1. The Hall–Kier alpha value is -1.05. The topological polar surface area (TPSA) is 59.0 Å². The molecule has 0 spiro atoms. The van der Waals surface area contributed by atoms with Gasteiger partial charge in [-0.2, -0.15) is 5.26 Å². The molecule has 0 heterocycles. The first-order chi connectivity index (χ1) is 7.22. The second-order valence-electron chi connectivity index (χ2n) is 3.08. The highest BCUT2D eigenvalue weighted by atomic mass is 79.9. The Bertz CT molecular complexity index is 373. The lowest BCUT2D eigenvalue weighted by Crippen LogP contribution is -2.14. The molecule has 2 N–H and O–H groups in total. The molecule has 15 heavy (non-hydrogen) atoms. The maximum Gasteiger partial charge on any atom is 0.184 e. The Kier molecular flexibility index (Phi) is 4.60. The number of halogens is 1. The van der Waals surface area contributed by atoms with Crippen molar-refractivity contribution in [2.45, 2.75) is 26.0 Å². The molecule has 0 aromatic heterocycles. The minimum Gasteiger partial charge on any atom is -0.474 e. The molecule has 0 saturated heterocycles. The molecular weight excluding hydrogens is 256 g/mol. The molecule has 0 fully saturated rings. The fraction of sp³-hybridized carbons (Fsp3) is 0.364. The van der Waals surface area contributed by atoms with Gasteiger partial charge in [-0.25, -0.2) is 0 Å². The fourth-order valence-corrected chi connectivity index (χ4v) is 1.69. The summed E-state index contributed by atoms with van der Waals surface area (Å²) in [7, 11) is 0. The molecule has 1 unspecified atom stereocenters. The fourth-order valence-electron chi connectivity index (χ4n) is 1.19. The molecule has 0 saturated carbocycles. The number of nitrogens with zero attached hydrogens (tertiary/aromatic N) is 1. The largest absolute Gasteiger partial charge is 0.474 e. The third kappa shape index (κ3) is 2.95. The number of ether oxygens (including phenoxy) is 1. The monoisotopic (exact) mass is 268 g/mol. The van der Waals surface area contributed by atoms with Gasteiger partial charge in [0, 0.05) is 12.1 Å². The van der Waals surface area contributed by atoms with Crippen LogP contribution in [-0.2, 0) is 6.54 Å². The van der Waals surface area contributed by atoms with Gasteiger partial charge in [0.05, 0.1) is 4.47 Å². The van der Waals surface area contributed by atoms with Gasteiger partial charge < -0.3 is 10.5 Å². The van der Waals surface area contributed by atoms with Gasteiger partial charge >= 0.3 is 0 Å². The summed E-state index contributed by atoms with van der Waals surface area (Å²) in [4.78, 5) is 0. The number of para-hydroxylation sites is 1. The zero-order valence-corrected chi connectivity index (χ0v) is 10.1. The predicted molar refractivity (Wildman–Crippen MR) is 62.4 cm³/mol. The minimum absolute atomic E-state index is 0.399. The molecule has 1 rings (SSSR count). The Morgan fingerprint density at radius 1 is 1.60 bits per heavy atom. The first-order valence-corrected chi connectivity index (χ1v) is 5.56. The van der Waals surface area contributed by atoms with E-state index in [4.69, 9.17) is 15.7 Å². The summed E-state index contributed by atoms with van der Waals surface area (Å²) in [6.45, 7) is 2.31. The van der Waals surface area contributed by atoms with Gasteiger partial charge in [-0.3, -0.25) is 0 Å². The Labute approximate surface area is 98.0 Å². The minimum atomic E-state index is -0.422. The summed E-state index contributed by atoms with van der Waals surface area (Å²) in [5, 5.41) is 8.82. The van der Waals surface area contributed by atoms with Crippen molar-refractivity contribution in [3.63, 3.8) is 0 Å². The van der Waals surface area contributed by atoms with Gasteiger partial charge in [0.15, 0.2) is 6.10 Å². The van der Waals surface area contributed by atoms with Crippen LogP contribution in [0, 0.1) is 11.3 Å². The maximum atomic E-state index is 8.82. The highest BCUT2D eigenvalue weighted by molar-refractivity contribution is 9.10. The van der Waals surface area contributed by atoms with Gasteiger partial charge in [0.25, 0.3) is 0 Å². The van der Waals surface area contributed by atoms with Crippen molar-refractivity contribution < 1.29 is 4.74 Å². The maximum absolute atomic E-state index is 8.82. The van der Waals surface area contributed by atoms with Crippen LogP contribution in [0.5, 0.6) is 5.75 Å². The van der Waals surface area contributed by atoms with Gasteiger partial charge in [-0.1, -0.05) is 19.1 Å². The molecule has 4 heteroatoms. The van der Waals surface area contributed by atoms with E-state index in [2.05, 4.69) is 22.0 Å². The van der Waals surface area contributed by atoms with Crippen molar-refractivity contribution in [2.24, 2.45) is 5.73 Å². The van der Waals surface area contributed by atoms with Gasteiger partial charge in [0.1, 0.15) is 11.8 Å². The van der Waals surface area contributed by atoms with E-state index in [0.29, 0.717) is 18.7 Å². The zero-order valence-electron chi connectivity index (χ0n) is 8.53. The van der Waals surface area contributed by atoms with Crippen LogP contribution in [0.2, 0.25) is 0 Å². The van der Waals surface area contributed by atoms with E-state index in [1.54, 1.807) is 0 Å². The third-order valence-electron chi connectivity index (χ3n) is 2.04. The van der Waals surface area contributed by atoms with Crippen molar-refractivity contribution in [3.05, 3.63) is 28.2 Å². The van der Waals surface area contributed by atoms with Crippen LogP contribution in [0.1, 0.15) is 18.9 Å². The first-order valence-electron chi connectivity index (χ1n) is 4.76. The molecule has 0 aliphatic rings. The van der Waals surface area contributed by atoms with Crippen molar-refractivity contribution in [1.82, 2.24) is 0 Å². The SMILES string of the molecule is CCC(C#N)Oc1c(Br)cccc1CN. The summed E-state index contributed by atoms with van der Waals surface area (Å²) in [5.41, 5.74) is 6.50. The molecule has 80 valence electrons. The van der Waals surface area contributed by atoms with Crippen molar-refractivity contribution in [2.75, 3.05) is 0 Å². The van der Waals surface area contributed by atoms with Gasteiger partial charge in [0.2, 0.25) is 0 Å². The quantitative estimate of drug-likeness (QED) is 0.913. The summed E-state index contributed by atoms with van der Waals surface area (Å²) < 4.78 is 6.41. The second-order valence-corrected chi connectivity index (χ2v) is 3.93. The van der Waals surface area contributed by atoms with E-state index in [1.165, 1.54) is 0 Å². The number of nitrogens with two attached hydrogens (primary N) is 1. The Morgan fingerprint density at radius 2 is 2.33 bits per heavy atom. The van der Waals surface area contributed by atoms with Crippen LogP contribution in [0.15, 0.2) is 22.7 Å². The van der Waals surface area contributed by atoms with Crippen molar-refractivity contribution in [1.29, 1.82) is 5.26 Å².